The molecular weight excluding hydrogens is 372 g/mol. The van der Waals surface area contributed by atoms with Crippen molar-refractivity contribution in [2.75, 3.05) is 13.6 Å². The normalized spacial score (nSPS) is 11.0. The molecule has 0 saturated carbocycles. The summed E-state index contributed by atoms with van der Waals surface area (Å²) < 4.78 is 38.2. The summed E-state index contributed by atoms with van der Waals surface area (Å²) in [5.74, 6) is 0. The molecule has 0 atom stereocenters. The maximum absolute atomic E-state index is 12.7. The molecule has 2 nitrogen and oxygen atoms in total. The maximum Gasteiger partial charge on any atom is 0.416 e. The van der Waals surface area contributed by atoms with Crippen molar-refractivity contribution in [2.24, 2.45) is 5.73 Å². The average molecular weight is 395 g/mol. The van der Waals surface area contributed by atoms with E-state index in [0.29, 0.717) is 25.2 Å². The Morgan fingerprint density at radius 2 is 1.44 bits per heavy atom. The third-order valence-electron chi connectivity index (χ3n) is 3.62. The Hall–Kier alpha value is -1.27. The van der Waals surface area contributed by atoms with E-state index in [9.17, 15) is 13.2 Å². The molecule has 0 aliphatic rings. The van der Waals surface area contributed by atoms with Crippen LogP contribution in [0.2, 0.25) is 0 Å². The molecule has 0 aromatic heterocycles. The Labute approximate surface area is 159 Å². The SMILES string of the molecule is CN(Cc1ccc(CCN)cc1)Cc1cccc(C(F)(F)F)c1.Cl.Cl. The van der Waals surface area contributed by atoms with E-state index < -0.39 is 11.7 Å². The molecule has 0 radical (unpaired) electrons. The van der Waals surface area contributed by atoms with Gasteiger partial charge in [0.15, 0.2) is 0 Å². The lowest BCUT2D eigenvalue weighted by Gasteiger charge is -2.18. The third-order valence-corrected chi connectivity index (χ3v) is 3.62. The molecule has 25 heavy (non-hydrogen) atoms. The second-order valence-electron chi connectivity index (χ2n) is 5.73. The van der Waals surface area contributed by atoms with Crippen molar-refractivity contribution in [3.8, 4) is 0 Å². The van der Waals surface area contributed by atoms with Crippen LogP contribution in [-0.4, -0.2) is 18.5 Å². The van der Waals surface area contributed by atoms with Crippen molar-refractivity contribution in [1.82, 2.24) is 4.90 Å². The van der Waals surface area contributed by atoms with Crippen molar-refractivity contribution in [3.63, 3.8) is 0 Å². The number of alkyl halides is 3. The number of hydrogen-bond donors (Lipinski definition) is 1. The van der Waals surface area contributed by atoms with Gasteiger partial charge < -0.3 is 5.73 Å². The zero-order chi connectivity index (χ0) is 16.9. The van der Waals surface area contributed by atoms with Crippen LogP contribution >= 0.6 is 24.8 Å². The molecule has 0 aliphatic carbocycles. The minimum atomic E-state index is -4.30. The van der Waals surface area contributed by atoms with Gasteiger partial charge in [-0.25, -0.2) is 0 Å². The van der Waals surface area contributed by atoms with Crippen LogP contribution in [0.25, 0.3) is 0 Å². The van der Waals surface area contributed by atoms with Crippen LogP contribution in [0.4, 0.5) is 13.2 Å². The molecule has 7 heteroatoms. The van der Waals surface area contributed by atoms with Gasteiger partial charge in [-0.15, -0.1) is 24.8 Å². The second kappa shape index (κ2) is 10.7. The number of nitrogens with two attached hydrogens (primary N) is 1. The van der Waals surface area contributed by atoms with Crippen LogP contribution in [0.1, 0.15) is 22.3 Å². The highest BCUT2D eigenvalue weighted by Crippen LogP contribution is 2.29. The summed E-state index contributed by atoms with van der Waals surface area (Å²) >= 11 is 0. The lowest BCUT2D eigenvalue weighted by Crippen LogP contribution is -2.17. The summed E-state index contributed by atoms with van der Waals surface area (Å²) in [4.78, 5) is 1.99. The Balaban J connectivity index is 0.00000288. The fraction of sp³-hybridized carbons (Fsp3) is 0.333. The van der Waals surface area contributed by atoms with Crippen molar-refractivity contribution in [2.45, 2.75) is 25.7 Å². The van der Waals surface area contributed by atoms with Gasteiger partial charge in [-0.2, -0.15) is 13.2 Å². The summed E-state index contributed by atoms with van der Waals surface area (Å²) in [6.07, 6.45) is -3.45. The van der Waals surface area contributed by atoms with Crippen LogP contribution in [0.3, 0.4) is 0 Å². The molecule has 140 valence electrons. The molecular formula is C18H23Cl2F3N2. The van der Waals surface area contributed by atoms with Gasteiger partial charge in [0.05, 0.1) is 5.56 Å². The molecule has 0 aliphatic heterocycles. The fourth-order valence-electron chi connectivity index (χ4n) is 2.50. The number of halogens is 5. The number of nitrogens with zero attached hydrogens (tertiary/aromatic N) is 1. The monoisotopic (exact) mass is 394 g/mol. The molecule has 2 aromatic rings. The van der Waals surface area contributed by atoms with Crippen LogP contribution in [-0.2, 0) is 25.7 Å². The number of rotatable bonds is 6. The van der Waals surface area contributed by atoms with E-state index in [1.807, 2.05) is 36.2 Å². The van der Waals surface area contributed by atoms with E-state index >= 15 is 0 Å². The minimum Gasteiger partial charge on any atom is -0.330 e. The van der Waals surface area contributed by atoms with E-state index in [0.717, 1.165) is 18.1 Å². The molecule has 0 amide bonds. The Morgan fingerprint density at radius 1 is 0.880 bits per heavy atom. The topological polar surface area (TPSA) is 29.3 Å². The van der Waals surface area contributed by atoms with Gasteiger partial charge in [-0.1, -0.05) is 42.5 Å². The summed E-state index contributed by atoms with van der Waals surface area (Å²) in [6.45, 7) is 1.77. The van der Waals surface area contributed by atoms with Crippen molar-refractivity contribution in [3.05, 3.63) is 70.8 Å². The van der Waals surface area contributed by atoms with E-state index in [1.54, 1.807) is 6.07 Å². The summed E-state index contributed by atoms with van der Waals surface area (Å²) in [7, 11) is 1.90. The molecule has 0 fully saturated rings. The second-order valence-corrected chi connectivity index (χ2v) is 5.73. The van der Waals surface area contributed by atoms with Crippen LogP contribution < -0.4 is 5.73 Å². The lowest BCUT2D eigenvalue weighted by molar-refractivity contribution is -0.137. The quantitative estimate of drug-likeness (QED) is 0.770. The van der Waals surface area contributed by atoms with E-state index in [4.69, 9.17) is 5.73 Å². The molecule has 0 saturated heterocycles. The highest BCUT2D eigenvalue weighted by molar-refractivity contribution is 5.85. The highest BCUT2D eigenvalue weighted by atomic mass is 35.5. The molecule has 0 heterocycles. The maximum atomic E-state index is 12.7. The fourth-order valence-corrected chi connectivity index (χ4v) is 2.50. The van der Waals surface area contributed by atoms with Gasteiger partial charge in [0.1, 0.15) is 0 Å². The molecule has 2 aromatic carbocycles. The minimum absolute atomic E-state index is 0. The van der Waals surface area contributed by atoms with Gasteiger partial charge in [0, 0.05) is 13.1 Å². The first kappa shape index (κ1) is 23.7. The summed E-state index contributed by atoms with van der Waals surface area (Å²) in [5.41, 5.74) is 7.89. The van der Waals surface area contributed by atoms with Crippen LogP contribution in [0.5, 0.6) is 0 Å². The molecule has 2 rings (SSSR count). The van der Waals surface area contributed by atoms with E-state index in [-0.39, 0.29) is 24.8 Å². The largest absolute Gasteiger partial charge is 0.416 e. The van der Waals surface area contributed by atoms with Crippen molar-refractivity contribution >= 4 is 24.8 Å². The Kier molecular flexibility index (Phi) is 10.1. The first-order chi connectivity index (χ1) is 10.9. The lowest BCUT2D eigenvalue weighted by atomic mass is 10.1. The first-order valence-electron chi connectivity index (χ1n) is 7.51. The molecule has 2 N–H and O–H groups in total. The standard InChI is InChI=1S/C18H21F3N2.2ClH/c1-23(12-15-7-5-14(6-8-15)9-10-22)13-16-3-2-4-17(11-16)18(19,20)21;;/h2-8,11H,9-10,12-13,22H2,1H3;2*1H. The Morgan fingerprint density at radius 3 is 2.00 bits per heavy atom. The molecule has 0 unspecified atom stereocenters. The molecule has 0 bridgehead atoms. The van der Waals surface area contributed by atoms with Gasteiger partial charge in [-0.05, 0) is 42.8 Å². The third kappa shape index (κ3) is 7.65. The molecule has 0 spiro atoms. The van der Waals surface area contributed by atoms with Crippen molar-refractivity contribution < 1.29 is 13.2 Å². The predicted molar refractivity (Wildman–Crippen MR) is 100 cm³/mol. The number of benzene rings is 2. The first-order valence-corrected chi connectivity index (χ1v) is 7.51. The van der Waals surface area contributed by atoms with Crippen LogP contribution in [0.15, 0.2) is 48.5 Å². The highest BCUT2D eigenvalue weighted by Gasteiger charge is 2.30. The summed E-state index contributed by atoms with van der Waals surface area (Å²) in [5, 5.41) is 0. The predicted octanol–water partition coefficient (Wildman–Crippen LogP) is 4.68. The van der Waals surface area contributed by atoms with Crippen LogP contribution in [0, 0.1) is 0 Å². The smallest absolute Gasteiger partial charge is 0.330 e. The number of hydrogen-bond acceptors (Lipinski definition) is 2. The van der Waals surface area contributed by atoms with E-state index in [1.165, 1.54) is 17.7 Å². The Bertz CT molecular complexity index is 631. The zero-order valence-corrected chi connectivity index (χ0v) is 15.6. The van der Waals surface area contributed by atoms with Gasteiger partial charge in [0.2, 0.25) is 0 Å². The van der Waals surface area contributed by atoms with Gasteiger partial charge in [-0.3, -0.25) is 4.90 Å². The average Bonchev–Trinajstić information content (AvgIpc) is 2.49. The van der Waals surface area contributed by atoms with Gasteiger partial charge in [0.25, 0.3) is 0 Å². The van der Waals surface area contributed by atoms with E-state index in [2.05, 4.69) is 0 Å². The zero-order valence-electron chi connectivity index (χ0n) is 13.9. The van der Waals surface area contributed by atoms with Crippen molar-refractivity contribution in [1.29, 1.82) is 0 Å². The van der Waals surface area contributed by atoms with Gasteiger partial charge >= 0.3 is 6.18 Å². The summed E-state index contributed by atoms with van der Waals surface area (Å²) in [6, 6.07) is 13.6.